The molecule has 0 bridgehead atoms. The second-order valence-corrected chi connectivity index (χ2v) is 5.68. The standard InChI is InChI=1S/C19H22N2O3/c1-13-7-4-5-8-14(13)19-20-15-11-17(23-2)18(24-3)12-16(15)21(19)9-6-10-22/h4-5,7-8,11-12,22H,6,9-10H2,1-3H3. The van der Waals surface area contributed by atoms with Crippen LogP contribution in [0.5, 0.6) is 11.5 Å². The predicted octanol–water partition coefficient (Wildman–Crippen LogP) is 3.41. The topological polar surface area (TPSA) is 56.5 Å². The van der Waals surface area contributed by atoms with Gasteiger partial charge in [0.05, 0.1) is 25.3 Å². The minimum Gasteiger partial charge on any atom is -0.493 e. The molecule has 0 fully saturated rings. The molecule has 0 aliphatic carbocycles. The number of aliphatic hydroxyl groups is 1. The molecule has 24 heavy (non-hydrogen) atoms. The van der Waals surface area contributed by atoms with Crippen LogP contribution in [0.3, 0.4) is 0 Å². The van der Waals surface area contributed by atoms with Gasteiger partial charge in [0.25, 0.3) is 0 Å². The monoisotopic (exact) mass is 326 g/mol. The molecule has 0 aliphatic heterocycles. The van der Waals surface area contributed by atoms with E-state index < -0.39 is 0 Å². The highest BCUT2D eigenvalue weighted by Crippen LogP contribution is 2.35. The zero-order valence-electron chi connectivity index (χ0n) is 14.2. The van der Waals surface area contributed by atoms with Gasteiger partial charge in [0.1, 0.15) is 5.82 Å². The van der Waals surface area contributed by atoms with Gasteiger partial charge in [-0.2, -0.15) is 0 Å². The van der Waals surface area contributed by atoms with E-state index in [4.69, 9.17) is 14.5 Å². The SMILES string of the molecule is COc1cc2nc(-c3ccccc3C)n(CCCO)c2cc1OC. The van der Waals surface area contributed by atoms with Crippen LogP contribution in [0.25, 0.3) is 22.4 Å². The molecule has 0 amide bonds. The number of aliphatic hydroxyl groups excluding tert-OH is 1. The maximum Gasteiger partial charge on any atom is 0.163 e. The Labute approximate surface area is 141 Å². The van der Waals surface area contributed by atoms with Crippen LogP contribution in [0, 0.1) is 6.92 Å². The second-order valence-electron chi connectivity index (χ2n) is 5.68. The first kappa shape index (κ1) is 16.3. The number of hydrogen-bond donors (Lipinski definition) is 1. The van der Waals surface area contributed by atoms with Crippen LogP contribution in [0.15, 0.2) is 36.4 Å². The molecule has 0 saturated carbocycles. The smallest absolute Gasteiger partial charge is 0.163 e. The first-order valence-electron chi connectivity index (χ1n) is 7.98. The van der Waals surface area contributed by atoms with Crippen LogP contribution in [0.4, 0.5) is 0 Å². The van der Waals surface area contributed by atoms with E-state index in [1.807, 2.05) is 24.3 Å². The largest absolute Gasteiger partial charge is 0.493 e. The van der Waals surface area contributed by atoms with Crippen molar-refractivity contribution in [1.82, 2.24) is 9.55 Å². The fourth-order valence-corrected chi connectivity index (χ4v) is 2.94. The molecule has 0 radical (unpaired) electrons. The number of nitrogens with zero attached hydrogens (tertiary/aromatic N) is 2. The van der Waals surface area contributed by atoms with Crippen molar-refractivity contribution in [3.05, 3.63) is 42.0 Å². The Morgan fingerprint density at radius 3 is 2.46 bits per heavy atom. The van der Waals surface area contributed by atoms with Crippen molar-refractivity contribution < 1.29 is 14.6 Å². The van der Waals surface area contributed by atoms with E-state index in [0.29, 0.717) is 24.5 Å². The lowest BCUT2D eigenvalue weighted by atomic mass is 10.1. The molecule has 126 valence electrons. The molecule has 0 aliphatic rings. The van der Waals surface area contributed by atoms with Gasteiger partial charge in [-0.1, -0.05) is 24.3 Å². The molecule has 0 unspecified atom stereocenters. The first-order chi connectivity index (χ1) is 11.7. The summed E-state index contributed by atoms with van der Waals surface area (Å²) in [6, 6.07) is 12.0. The minimum absolute atomic E-state index is 0.139. The lowest BCUT2D eigenvalue weighted by Gasteiger charge is -2.11. The number of ether oxygens (including phenoxy) is 2. The van der Waals surface area contributed by atoms with Crippen molar-refractivity contribution in [2.75, 3.05) is 20.8 Å². The second kappa shape index (κ2) is 6.93. The van der Waals surface area contributed by atoms with E-state index in [0.717, 1.165) is 28.0 Å². The van der Waals surface area contributed by atoms with Crippen molar-refractivity contribution in [3.63, 3.8) is 0 Å². The number of benzene rings is 2. The fourth-order valence-electron chi connectivity index (χ4n) is 2.94. The number of rotatable bonds is 6. The van der Waals surface area contributed by atoms with E-state index in [-0.39, 0.29) is 6.61 Å². The molecule has 0 spiro atoms. The molecular formula is C19H22N2O3. The van der Waals surface area contributed by atoms with Gasteiger partial charge < -0.3 is 19.1 Å². The number of hydrogen-bond acceptors (Lipinski definition) is 4. The highest BCUT2D eigenvalue weighted by Gasteiger charge is 2.17. The summed E-state index contributed by atoms with van der Waals surface area (Å²) >= 11 is 0. The molecule has 0 saturated heterocycles. The number of fused-ring (bicyclic) bond motifs is 1. The van der Waals surface area contributed by atoms with E-state index in [2.05, 4.69) is 23.6 Å². The molecule has 5 nitrogen and oxygen atoms in total. The summed E-state index contributed by atoms with van der Waals surface area (Å²) in [6.45, 7) is 2.90. The highest BCUT2D eigenvalue weighted by molar-refractivity contribution is 5.84. The molecule has 0 atom stereocenters. The zero-order chi connectivity index (χ0) is 17.1. The normalized spacial score (nSPS) is 11.0. The number of methoxy groups -OCH3 is 2. The van der Waals surface area contributed by atoms with Crippen LogP contribution >= 0.6 is 0 Å². The first-order valence-corrected chi connectivity index (χ1v) is 7.98. The van der Waals surface area contributed by atoms with E-state index >= 15 is 0 Å². The average Bonchev–Trinajstić information content (AvgIpc) is 2.96. The van der Waals surface area contributed by atoms with E-state index in [1.54, 1.807) is 14.2 Å². The van der Waals surface area contributed by atoms with E-state index in [9.17, 15) is 5.11 Å². The summed E-state index contributed by atoms with van der Waals surface area (Å²) in [5.74, 6) is 2.23. The van der Waals surface area contributed by atoms with Gasteiger partial charge in [-0.05, 0) is 18.9 Å². The Morgan fingerprint density at radius 1 is 1.08 bits per heavy atom. The minimum atomic E-state index is 0.139. The third kappa shape index (κ3) is 2.83. The Hall–Kier alpha value is -2.53. The van der Waals surface area contributed by atoms with Crippen molar-refractivity contribution in [3.8, 4) is 22.9 Å². The van der Waals surface area contributed by atoms with Gasteiger partial charge >= 0.3 is 0 Å². The molecule has 2 aromatic carbocycles. The number of aryl methyl sites for hydroxylation is 2. The zero-order valence-corrected chi connectivity index (χ0v) is 14.2. The molecule has 1 aromatic heterocycles. The lowest BCUT2D eigenvalue weighted by molar-refractivity contribution is 0.281. The van der Waals surface area contributed by atoms with Gasteiger partial charge in [-0.3, -0.25) is 0 Å². The summed E-state index contributed by atoms with van der Waals surface area (Å²) in [5.41, 5.74) is 4.07. The molecule has 3 aromatic rings. The number of aromatic nitrogens is 2. The van der Waals surface area contributed by atoms with Crippen LogP contribution < -0.4 is 9.47 Å². The molecular weight excluding hydrogens is 304 g/mol. The van der Waals surface area contributed by atoms with Gasteiger partial charge in [-0.25, -0.2) is 4.98 Å². The Balaban J connectivity index is 2.26. The predicted molar refractivity (Wildman–Crippen MR) is 94.7 cm³/mol. The maximum atomic E-state index is 9.26. The van der Waals surface area contributed by atoms with E-state index in [1.165, 1.54) is 0 Å². The summed E-state index contributed by atoms with van der Waals surface area (Å²) < 4.78 is 13.0. The summed E-state index contributed by atoms with van der Waals surface area (Å²) in [4.78, 5) is 4.83. The Bertz CT molecular complexity index is 855. The Kier molecular flexibility index (Phi) is 4.71. The van der Waals surface area contributed by atoms with Crippen molar-refractivity contribution >= 4 is 11.0 Å². The van der Waals surface area contributed by atoms with Crippen LogP contribution in [0.2, 0.25) is 0 Å². The third-order valence-corrected chi connectivity index (χ3v) is 4.18. The molecule has 1 N–H and O–H groups in total. The van der Waals surface area contributed by atoms with Crippen LogP contribution in [-0.2, 0) is 6.54 Å². The number of imidazole rings is 1. The van der Waals surface area contributed by atoms with Crippen molar-refractivity contribution in [2.45, 2.75) is 19.9 Å². The summed E-state index contributed by atoms with van der Waals surface area (Å²) in [7, 11) is 3.25. The maximum absolute atomic E-state index is 9.26. The molecule has 5 heteroatoms. The summed E-state index contributed by atoms with van der Waals surface area (Å²) in [6.07, 6.45) is 0.665. The van der Waals surface area contributed by atoms with Gasteiger partial charge in [0.2, 0.25) is 0 Å². The third-order valence-electron chi connectivity index (χ3n) is 4.18. The van der Waals surface area contributed by atoms with Crippen LogP contribution in [0.1, 0.15) is 12.0 Å². The quantitative estimate of drug-likeness (QED) is 0.754. The average molecular weight is 326 g/mol. The highest BCUT2D eigenvalue weighted by atomic mass is 16.5. The van der Waals surface area contributed by atoms with Crippen molar-refractivity contribution in [1.29, 1.82) is 0 Å². The Morgan fingerprint density at radius 2 is 1.79 bits per heavy atom. The molecule has 1 heterocycles. The van der Waals surface area contributed by atoms with Gasteiger partial charge in [0, 0.05) is 30.8 Å². The molecule has 3 rings (SSSR count). The lowest BCUT2D eigenvalue weighted by Crippen LogP contribution is -2.03. The fraction of sp³-hybridized carbons (Fsp3) is 0.316. The van der Waals surface area contributed by atoms with Gasteiger partial charge in [-0.15, -0.1) is 0 Å². The van der Waals surface area contributed by atoms with Crippen molar-refractivity contribution in [2.24, 2.45) is 0 Å². The van der Waals surface area contributed by atoms with Crippen LogP contribution in [-0.4, -0.2) is 35.5 Å². The summed E-state index contributed by atoms with van der Waals surface area (Å²) in [5, 5.41) is 9.26. The van der Waals surface area contributed by atoms with Gasteiger partial charge in [0.15, 0.2) is 11.5 Å².